The van der Waals surface area contributed by atoms with Gasteiger partial charge in [-0.25, -0.2) is 16.7 Å². The van der Waals surface area contributed by atoms with Gasteiger partial charge in [0.25, 0.3) is 0 Å². The maximum atomic E-state index is 12.3. The Morgan fingerprint density at radius 2 is 1.03 bits per heavy atom. The number of benzene rings is 2. The molecule has 0 saturated carbocycles. The van der Waals surface area contributed by atoms with Crippen LogP contribution >= 0.6 is 7.82 Å². The second-order valence-electron chi connectivity index (χ2n) is 5.36. The fourth-order valence-corrected chi connectivity index (χ4v) is 2.90. The molecule has 0 amide bonds. The van der Waals surface area contributed by atoms with E-state index >= 15 is 0 Å². The first-order valence-electron chi connectivity index (χ1n) is 8.70. The van der Waals surface area contributed by atoms with Crippen LogP contribution in [0.1, 0.15) is 0 Å². The molecule has 0 unspecified atom stereocenters. The van der Waals surface area contributed by atoms with E-state index in [0.29, 0.717) is 11.5 Å². The monoisotopic (exact) mass is 450 g/mol. The molecule has 6 heteroatoms. The Kier molecular flexibility index (Phi) is 12.2. The predicted octanol–water partition coefficient (Wildman–Crippen LogP) is 6.71. The number of phosphoric ester groups is 1. The SMILES string of the molecule is COP(=O)(Oc1ccccc1)Oc1ccccc1.[Fe].[cH-]1[cH-][cH-][cH-][cH-]1.c1cc[cH-]c1. The summed E-state index contributed by atoms with van der Waals surface area (Å²) in [6, 6.07) is 37.5. The average Bonchev–Trinajstić information content (AvgIpc) is 3.48. The number of hydrogen-bond donors (Lipinski definition) is 0. The van der Waals surface area contributed by atoms with Crippen molar-refractivity contribution in [3.8, 4) is 11.5 Å². The van der Waals surface area contributed by atoms with Crippen molar-refractivity contribution in [2.24, 2.45) is 0 Å². The minimum absolute atomic E-state index is 0. The molecule has 0 aliphatic heterocycles. The summed E-state index contributed by atoms with van der Waals surface area (Å²) in [7, 11) is -2.36. The van der Waals surface area contributed by atoms with Crippen LogP contribution in [0.15, 0.2) is 121 Å². The third-order valence-corrected chi connectivity index (χ3v) is 4.57. The molecule has 0 atom stereocenters. The Balaban J connectivity index is 0.000000311. The van der Waals surface area contributed by atoms with Crippen molar-refractivity contribution < 1.29 is 35.2 Å². The van der Waals surface area contributed by atoms with Crippen LogP contribution in [0.25, 0.3) is 0 Å². The molecule has 0 radical (unpaired) electrons. The van der Waals surface area contributed by atoms with Gasteiger partial charge in [-0.05, 0) is 24.3 Å². The van der Waals surface area contributed by atoms with Gasteiger partial charge in [0, 0.05) is 24.2 Å². The van der Waals surface area contributed by atoms with Gasteiger partial charge in [-0.15, -0.1) is 0 Å². The van der Waals surface area contributed by atoms with E-state index < -0.39 is 7.82 Å². The molecular formula is C23H23FeO4P-6. The van der Waals surface area contributed by atoms with Crippen LogP contribution < -0.4 is 9.05 Å². The standard InChI is InChI=1S/C13H13O4P.2C5H5.Fe/c1-15-18(14,16-12-8-4-2-5-9-12)17-13-10-6-3-7-11-13;2*1-2-4-5-3-1;/h2-11H,1H3;2*1-5H;/q;-5;-1;. The molecule has 4 nitrogen and oxygen atoms in total. The van der Waals surface area contributed by atoms with Gasteiger partial charge in [0.2, 0.25) is 0 Å². The molecule has 0 fully saturated rings. The van der Waals surface area contributed by atoms with Crippen molar-refractivity contribution in [1.82, 2.24) is 0 Å². The Labute approximate surface area is 182 Å². The van der Waals surface area contributed by atoms with Crippen molar-refractivity contribution in [1.29, 1.82) is 0 Å². The van der Waals surface area contributed by atoms with Crippen molar-refractivity contribution in [3.63, 3.8) is 0 Å². The summed E-state index contributed by atoms with van der Waals surface area (Å²) >= 11 is 0. The first-order chi connectivity index (χ1) is 13.7. The van der Waals surface area contributed by atoms with Gasteiger partial charge in [-0.2, -0.15) is 18.2 Å². The van der Waals surface area contributed by atoms with Crippen LogP contribution in [0, 0.1) is 0 Å². The van der Waals surface area contributed by atoms with Gasteiger partial charge in [-0.1, -0.05) is 36.4 Å². The van der Waals surface area contributed by atoms with Gasteiger partial charge in [-0.3, -0.25) is 4.52 Å². The minimum Gasteiger partial charge on any atom is -0.748 e. The molecule has 4 rings (SSSR count). The van der Waals surface area contributed by atoms with Crippen LogP contribution in [-0.2, 0) is 26.2 Å². The summed E-state index contributed by atoms with van der Waals surface area (Å²) in [5, 5.41) is 0. The van der Waals surface area contributed by atoms with Gasteiger partial charge in [0.1, 0.15) is 11.5 Å². The van der Waals surface area contributed by atoms with E-state index in [1.807, 2.05) is 72.8 Å². The summed E-state index contributed by atoms with van der Waals surface area (Å²) in [4.78, 5) is 0. The van der Waals surface area contributed by atoms with E-state index in [1.54, 1.807) is 48.5 Å². The van der Waals surface area contributed by atoms with Gasteiger partial charge in [0.05, 0.1) is 0 Å². The van der Waals surface area contributed by atoms with E-state index in [0.717, 1.165) is 0 Å². The Hall–Kier alpha value is -2.55. The van der Waals surface area contributed by atoms with E-state index in [-0.39, 0.29) is 17.1 Å². The summed E-state index contributed by atoms with van der Waals surface area (Å²) in [6.45, 7) is 0. The molecule has 0 spiro atoms. The normalized spacial score (nSPS) is 9.55. The average molecular weight is 450 g/mol. The molecule has 0 heterocycles. The van der Waals surface area contributed by atoms with Crippen molar-refractivity contribution in [2.75, 3.05) is 7.11 Å². The summed E-state index contributed by atoms with van der Waals surface area (Å²) in [5.41, 5.74) is 0. The van der Waals surface area contributed by atoms with Gasteiger partial charge in [0.15, 0.2) is 0 Å². The summed E-state index contributed by atoms with van der Waals surface area (Å²) < 4.78 is 27.6. The van der Waals surface area contributed by atoms with Crippen molar-refractivity contribution in [3.05, 3.63) is 121 Å². The number of para-hydroxylation sites is 2. The number of hydrogen-bond acceptors (Lipinski definition) is 4. The zero-order valence-electron chi connectivity index (χ0n) is 16.0. The number of rotatable bonds is 5. The topological polar surface area (TPSA) is 44.8 Å². The second-order valence-corrected chi connectivity index (χ2v) is 6.99. The largest absolute Gasteiger partial charge is 0.748 e. The third-order valence-electron chi connectivity index (χ3n) is 3.26. The maximum absolute atomic E-state index is 12.3. The van der Waals surface area contributed by atoms with Crippen LogP contribution in [0.5, 0.6) is 11.5 Å². The fraction of sp³-hybridized carbons (Fsp3) is 0.0435. The van der Waals surface area contributed by atoms with Crippen LogP contribution in [-0.4, -0.2) is 7.11 Å². The molecule has 29 heavy (non-hydrogen) atoms. The Morgan fingerprint density at radius 1 is 0.655 bits per heavy atom. The van der Waals surface area contributed by atoms with Crippen LogP contribution in [0.3, 0.4) is 0 Å². The summed E-state index contributed by atoms with van der Waals surface area (Å²) in [6.07, 6.45) is 0. The fourth-order valence-electron chi connectivity index (χ4n) is 1.96. The maximum Gasteiger partial charge on any atom is 0.587 e. The molecule has 0 aliphatic rings. The second kappa shape index (κ2) is 14.4. The molecule has 0 aliphatic carbocycles. The molecule has 0 bridgehead atoms. The molecular weight excluding hydrogens is 427 g/mol. The predicted molar refractivity (Wildman–Crippen MR) is 113 cm³/mol. The van der Waals surface area contributed by atoms with Gasteiger partial charge < -0.3 is 39.4 Å². The van der Waals surface area contributed by atoms with Gasteiger partial charge >= 0.3 is 7.82 Å². The van der Waals surface area contributed by atoms with Crippen molar-refractivity contribution in [2.45, 2.75) is 0 Å². The minimum atomic E-state index is -3.64. The molecule has 0 saturated heterocycles. The van der Waals surface area contributed by atoms with E-state index in [1.165, 1.54) is 7.11 Å². The first-order valence-corrected chi connectivity index (χ1v) is 10.2. The van der Waals surface area contributed by atoms with Crippen molar-refractivity contribution >= 4 is 7.82 Å². The Bertz CT molecular complexity index is 773. The quantitative estimate of drug-likeness (QED) is 0.193. The van der Waals surface area contributed by atoms with E-state index in [4.69, 9.17) is 13.6 Å². The smallest absolute Gasteiger partial charge is 0.587 e. The molecule has 0 N–H and O–H groups in total. The first kappa shape index (κ1) is 24.5. The third kappa shape index (κ3) is 10.5. The zero-order chi connectivity index (χ0) is 19.9. The zero-order valence-corrected chi connectivity index (χ0v) is 18.0. The summed E-state index contributed by atoms with van der Waals surface area (Å²) in [5.74, 6) is 0.859. The molecule has 4 aromatic carbocycles. The van der Waals surface area contributed by atoms with E-state index in [9.17, 15) is 4.57 Å². The molecule has 158 valence electrons. The van der Waals surface area contributed by atoms with Crippen LogP contribution in [0.4, 0.5) is 0 Å². The molecule has 0 aromatic heterocycles. The Morgan fingerprint density at radius 3 is 1.31 bits per heavy atom. The van der Waals surface area contributed by atoms with Crippen LogP contribution in [0.2, 0.25) is 0 Å². The number of phosphoric acid groups is 1. The van der Waals surface area contributed by atoms with E-state index in [2.05, 4.69) is 0 Å². The molecule has 4 aromatic rings.